The Balaban J connectivity index is 0.000000138. The molecule has 3 aromatic rings. The van der Waals surface area contributed by atoms with Crippen molar-refractivity contribution in [1.29, 1.82) is 0 Å². The fraction of sp³-hybridized carbons (Fsp3) is 0.316. The van der Waals surface area contributed by atoms with Crippen molar-refractivity contribution >= 4 is 31.5 Å². The molecule has 2 atom stereocenters. The molecule has 0 spiro atoms. The fourth-order valence-electron chi connectivity index (χ4n) is 2.41. The standard InChI is InChI=1S/C13H8OS.C6H10O3/c14-13-9-5-1-3-7-11(9)15-12-8-4-2-6-10(12)13;1(5-3-8-5)7-2-6-4-9-6/h1-8H;5-6H,1-4H2. The van der Waals surface area contributed by atoms with Crippen LogP contribution in [0.5, 0.6) is 0 Å². The lowest BCUT2D eigenvalue weighted by molar-refractivity contribution is 0.102. The van der Waals surface area contributed by atoms with Crippen LogP contribution >= 0.6 is 11.3 Å². The lowest BCUT2D eigenvalue weighted by Crippen LogP contribution is -2.06. The van der Waals surface area contributed by atoms with Crippen LogP contribution in [0, 0.1) is 0 Å². The predicted molar refractivity (Wildman–Crippen MR) is 95.9 cm³/mol. The van der Waals surface area contributed by atoms with Gasteiger partial charge >= 0.3 is 0 Å². The number of hydrogen-bond donors (Lipinski definition) is 0. The summed E-state index contributed by atoms with van der Waals surface area (Å²) < 4.78 is 17.2. The Hall–Kier alpha value is -1.79. The van der Waals surface area contributed by atoms with Crippen LogP contribution in [0.25, 0.3) is 20.2 Å². The van der Waals surface area contributed by atoms with Gasteiger partial charge in [-0.2, -0.15) is 0 Å². The molecule has 0 saturated carbocycles. The molecule has 2 unspecified atom stereocenters. The Morgan fingerprint density at radius 2 is 1.33 bits per heavy atom. The Morgan fingerprint density at radius 3 is 1.79 bits per heavy atom. The van der Waals surface area contributed by atoms with Crippen molar-refractivity contribution in [2.75, 3.05) is 26.4 Å². The molecule has 1 aromatic heterocycles. The molecule has 4 nitrogen and oxygen atoms in total. The van der Waals surface area contributed by atoms with Gasteiger partial charge in [0.05, 0.1) is 26.4 Å². The average Bonchev–Trinajstić information content (AvgIpc) is 3.52. The second-order valence-corrected chi connectivity index (χ2v) is 6.96. The van der Waals surface area contributed by atoms with E-state index in [9.17, 15) is 4.79 Å². The SMILES string of the molecule is C(OCC1CO1)C1CO1.O=c1c2ccccc2sc2ccccc12. The van der Waals surface area contributed by atoms with Gasteiger partial charge in [0.2, 0.25) is 0 Å². The molecular weight excluding hydrogens is 324 g/mol. The van der Waals surface area contributed by atoms with Crippen molar-refractivity contribution in [3.05, 3.63) is 58.8 Å². The third kappa shape index (κ3) is 3.82. The summed E-state index contributed by atoms with van der Waals surface area (Å²) in [5.41, 5.74) is 0.139. The van der Waals surface area contributed by atoms with Gasteiger partial charge < -0.3 is 14.2 Å². The van der Waals surface area contributed by atoms with Crippen LogP contribution in [0.2, 0.25) is 0 Å². The van der Waals surface area contributed by atoms with E-state index >= 15 is 0 Å². The summed E-state index contributed by atoms with van der Waals surface area (Å²) in [7, 11) is 0. The summed E-state index contributed by atoms with van der Waals surface area (Å²) in [6.07, 6.45) is 0.785. The minimum absolute atomic E-state index is 0.139. The van der Waals surface area contributed by atoms with Gasteiger partial charge in [0.1, 0.15) is 12.2 Å². The average molecular weight is 342 g/mol. The molecule has 2 aromatic carbocycles. The van der Waals surface area contributed by atoms with E-state index in [0.717, 1.165) is 46.6 Å². The van der Waals surface area contributed by atoms with Crippen LogP contribution in [-0.2, 0) is 14.2 Å². The number of epoxide rings is 2. The predicted octanol–water partition coefficient (Wildman–Crippen LogP) is 3.22. The maximum absolute atomic E-state index is 12.1. The van der Waals surface area contributed by atoms with Gasteiger partial charge in [-0.05, 0) is 24.3 Å². The molecule has 5 rings (SSSR count). The molecule has 5 heteroatoms. The van der Waals surface area contributed by atoms with E-state index in [1.807, 2.05) is 48.5 Å². The van der Waals surface area contributed by atoms with Gasteiger partial charge in [-0.3, -0.25) is 4.79 Å². The summed E-state index contributed by atoms with van der Waals surface area (Å²) in [4.78, 5) is 12.1. The van der Waals surface area contributed by atoms with Gasteiger partial charge in [-0.25, -0.2) is 0 Å². The monoisotopic (exact) mass is 342 g/mol. The molecule has 2 aliphatic heterocycles. The lowest BCUT2D eigenvalue weighted by atomic mass is 10.2. The van der Waals surface area contributed by atoms with E-state index in [-0.39, 0.29) is 5.43 Å². The quantitative estimate of drug-likeness (QED) is 0.540. The van der Waals surface area contributed by atoms with E-state index in [4.69, 9.17) is 14.2 Å². The number of benzene rings is 2. The van der Waals surface area contributed by atoms with Crippen molar-refractivity contribution < 1.29 is 14.2 Å². The minimum Gasteiger partial charge on any atom is -0.376 e. The fourth-order valence-corrected chi connectivity index (χ4v) is 3.48. The molecule has 0 amide bonds. The molecule has 0 bridgehead atoms. The van der Waals surface area contributed by atoms with Crippen LogP contribution in [0.1, 0.15) is 0 Å². The van der Waals surface area contributed by atoms with Gasteiger partial charge in [0, 0.05) is 20.2 Å². The Labute approximate surface area is 143 Å². The highest BCUT2D eigenvalue weighted by molar-refractivity contribution is 7.24. The first kappa shape index (κ1) is 15.7. The smallest absolute Gasteiger partial charge is 0.195 e. The maximum Gasteiger partial charge on any atom is 0.195 e. The van der Waals surface area contributed by atoms with Crippen LogP contribution in [0.3, 0.4) is 0 Å². The van der Waals surface area contributed by atoms with Crippen molar-refractivity contribution in [2.24, 2.45) is 0 Å². The first-order chi connectivity index (χ1) is 11.8. The number of fused-ring (bicyclic) bond motifs is 2. The molecule has 0 aliphatic carbocycles. The molecule has 3 heterocycles. The van der Waals surface area contributed by atoms with Gasteiger partial charge in [0.25, 0.3) is 0 Å². The van der Waals surface area contributed by atoms with E-state index in [1.165, 1.54) is 0 Å². The molecular formula is C19H18O4S. The number of rotatable bonds is 4. The second-order valence-electron chi connectivity index (χ2n) is 5.87. The number of hydrogen-bond acceptors (Lipinski definition) is 5. The third-order valence-corrected chi connectivity index (χ3v) is 5.05. The topological polar surface area (TPSA) is 51.4 Å². The Bertz CT molecular complexity index is 827. The van der Waals surface area contributed by atoms with E-state index in [2.05, 4.69) is 0 Å². The molecule has 24 heavy (non-hydrogen) atoms. The summed E-state index contributed by atoms with van der Waals surface area (Å²) in [5, 5.41) is 1.64. The van der Waals surface area contributed by atoms with E-state index in [0.29, 0.717) is 12.2 Å². The second kappa shape index (κ2) is 6.99. The normalized spacial score (nSPS) is 21.3. The summed E-state index contributed by atoms with van der Waals surface area (Å²) in [6.45, 7) is 3.26. The van der Waals surface area contributed by atoms with E-state index < -0.39 is 0 Å². The lowest BCUT2D eigenvalue weighted by Gasteiger charge is -1.99. The Kier molecular flexibility index (Phi) is 4.58. The summed E-state index contributed by atoms with van der Waals surface area (Å²) >= 11 is 1.67. The van der Waals surface area contributed by atoms with Crippen molar-refractivity contribution in [3.8, 4) is 0 Å². The van der Waals surface area contributed by atoms with Crippen LogP contribution < -0.4 is 5.43 Å². The summed E-state index contributed by atoms with van der Waals surface area (Å²) in [5.74, 6) is 0. The maximum atomic E-state index is 12.1. The van der Waals surface area contributed by atoms with Crippen LogP contribution in [0.4, 0.5) is 0 Å². The molecule has 0 N–H and O–H groups in total. The van der Waals surface area contributed by atoms with Gasteiger partial charge in [-0.1, -0.05) is 24.3 Å². The molecule has 2 aliphatic rings. The molecule has 0 radical (unpaired) electrons. The third-order valence-electron chi connectivity index (χ3n) is 3.90. The van der Waals surface area contributed by atoms with Crippen molar-refractivity contribution in [2.45, 2.75) is 12.2 Å². The molecule has 124 valence electrons. The first-order valence-corrected chi connectivity index (χ1v) is 8.84. The Morgan fingerprint density at radius 1 is 0.875 bits per heavy atom. The summed E-state index contributed by atoms with van der Waals surface area (Å²) in [6, 6.07) is 15.5. The highest BCUT2D eigenvalue weighted by atomic mass is 32.1. The first-order valence-electron chi connectivity index (χ1n) is 8.03. The van der Waals surface area contributed by atoms with Gasteiger partial charge in [-0.15, -0.1) is 11.3 Å². The van der Waals surface area contributed by atoms with Crippen LogP contribution in [-0.4, -0.2) is 38.6 Å². The zero-order valence-electron chi connectivity index (χ0n) is 13.1. The highest BCUT2D eigenvalue weighted by Gasteiger charge is 2.26. The number of ether oxygens (including phenoxy) is 3. The molecule has 2 saturated heterocycles. The van der Waals surface area contributed by atoms with Gasteiger partial charge in [0.15, 0.2) is 5.43 Å². The highest BCUT2D eigenvalue weighted by Crippen LogP contribution is 2.23. The zero-order valence-corrected chi connectivity index (χ0v) is 14.0. The van der Waals surface area contributed by atoms with Crippen LogP contribution in [0.15, 0.2) is 53.3 Å². The van der Waals surface area contributed by atoms with Crippen molar-refractivity contribution in [3.63, 3.8) is 0 Å². The zero-order chi connectivity index (χ0) is 16.4. The van der Waals surface area contributed by atoms with E-state index in [1.54, 1.807) is 11.3 Å². The molecule has 2 fully saturated rings. The van der Waals surface area contributed by atoms with Crippen molar-refractivity contribution in [1.82, 2.24) is 0 Å². The minimum atomic E-state index is 0.139. The largest absolute Gasteiger partial charge is 0.376 e.